The number of nitrogens with zero attached hydrogens (tertiary/aromatic N) is 1. The second-order valence-corrected chi connectivity index (χ2v) is 10.1. The van der Waals surface area contributed by atoms with Gasteiger partial charge in [0.05, 0.1) is 5.69 Å². The lowest BCUT2D eigenvalue weighted by Crippen LogP contribution is -2.11. The summed E-state index contributed by atoms with van der Waals surface area (Å²) in [7, 11) is 0. The number of pyridine rings is 1. The third-order valence-corrected chi connectivity index (χ3v) is 6.69. The molecule has 0 fully saturated rings. The monoisotopic (exact) mass is 453 g/mol. The summed E-state index contributed by atoms with van der Waals surface area (Å²) in [6.07, 6.45) is 1.90. The highest BCUT2D eigenvalue weighted by molar-refractivity contribution is 6.14. The minimum absolute atomic E-state index is 0.0690. The highest BCUT2D eigenvalue weighted by atomic mass is 16.3. The number of benzene rings is 4. The van der Waals surface area contributed by atoms with Crippen molar-refractivity contribution >= 4 is 21.9 Å². The number of fused-ring (bicyclic) bond motifs is 3. The van der Waals surface area contributed by atoms with Crippen molar-refractivity contribution in [2.24, 2.45) is 0 Å². The molecule has 2 nitrogen and oxygen atoms in total. The minimum Gasteiger partial charge on any atom is -0.456 e. The fraction of sp³-hybridized carbons (Fsp3) is 0.121. The Balaban J connectivity index is 1.58. The fourth-order valence-corrected chi connectivity index (χ4v) is 4.76. The van der Waals surface area contributed by atoms with Gasteiger partial charge in [0.25, 0.3) is 0 Å². The SMILES string of the molecule is CC(C)(C)c1ccnc(-c2ccc3c(c2)oc2cc(-c4ccccc4)cc(-c4ccccc4)c23)c1. The third-order valence-electron chi connectivity index (χ3n) is 6.69. The molecule has 6 rings (SSSR count). The van der Waals surface area contributed by atoms with Crippen molar-refractivity contribution in [1.29, 1.82) is 0 Å². The summed E-state index contributed by atoms with van der Waals surface area (Å²) in [6, 6.07) is 36.2. The van der Waals surface area contributed by atoms with Gasteiger partial charge < -0.3 is 4.42 Å². The van der Waals surface area contributed by atoms with E-state index in [1.807, 2.05) is 12.3 Å². The zero-order valence-corrected chi connectivity index (χ0v) is 20.2. The Morgan fingerprint density at radius 1 is 0.600 bits per heavy atom. The first-order chi connectivity index (χ1) is 17.0. The van der Waals surface area contributed by atoms with Crippen molar-refractivity contribution in [3.05, 3.63) is 115 Å². The van der Waals surface area contributed by atoms with Gasteiger partial charge in [0.1, 0.15) is 11.2 Å². The lowest BCUT2D eigenvalue weighted by atomic mass is 9.87. The Bertz CT molecular complexity index is 1650. The zero-order valence-electron chi connectivity index (χ0n) is 20.2. The van der Waals surface area contributed by atoms with Gasteiger partial charge in [0.15, 0.2) is 0 Å². The first kappa shape index (κ1) is 21.4. The van der Waals surface area contributed by atoms with Crippen LogP contribution in [0.25, 0.3) is 55.4 Å². The Morgan fingerprint density at radius 3 is 2.00 bits per heavy atom. The second-order valence-electron chi connectivity index (χ2n) is 10.1. The maximum Gasteiger partial charge on any atom is 0.136 e. The topological polar surface area (TPSA) is 26.0 Å². The highest BCUT2D eigenvalue weighted by Crippen LogP contribution is 2.41. The first-order valence-electron chi connectivity index (χ1n) is 12.1. The van der Waals surface area contributed by atoms with E-state index in [0.29, 0.717) is 0 Å². The summed E-state index contributed by atoms with van der Waals surface area (Å²) < 4.78 is 6.51. The van der Waals surface area contributed by atoms with Crippen LogP contribution in [0.2, 0.25) is 0 Å². The van der Waals surface area contributed by atoms with Gasteiger partial charge in [-0.15, -0.1) is 0 Å². The number of hydrogen-bond donors (Lipinski definition) is 0. The van der Waals surface area contributed by atoms with Crippen LogP contribution >= 0.6 is 0 Å². The number of rotatable bonds is 3. The molecule has 2 heteroatoms. The van der Waals surface area contributed by atoms with Crippen LogP contribution in [0, 0.1) is 0 Å². The second kappa shape index (κ2) is 8.25. The van der Waals surface area contributed by atoms with Crippen LogP contribution in [0.3, 0.4) is 0 Å². The smallest absolute Gasteiger partial charge is 0.136 e. The molecular weight excluding hydrogens is 426 g/mol. The van der Waals surface area contributed by atoms with Crippen molar-refractivity contribution in [2.75, 3.05) is 0 Å². The van der Waals surface area contributed by atoms with E-state index in [-0.39, 0.29) is 5.41 Å². The molecule has 6 aromatic rings. The normalized spacial score (nSPS) is 11.9. The summed E-state index contributed by atoms with van der Waals surface area (Å²) in [5.74, 6) is 0. The minimum atomic E-state index is 0.0690. The fourth-order valence-electron chi connectivity index (χ4n) is 4.76. The molecule has 170 valence electrons. The van der Waals surface area contributed by atoms with Gasteiger partial charge >= 0.3 is 0 Å². The van der Waals surface area contributed by atoms with Crippen molar-refractivity contribution in [1.82, 2.24) is 4.98 Å². The predicted octanol–water partition coefficient (Wildman–Crippen LogP) is 9.28. The maximum absolute atomic E-state index is 6.51. The highest BCUT2D eigenvalue weighted by Gasteiger charge is 2.18. The molecule has 0 radical (unpaired) electrons. The Kier molecular flexibility index (Phi) is 5.04. The quantitative estimate of drug-likeness (QED) is 0.267. The van der Waals surface area contributed by atoms with Crippen LogP contribution in [0.5, 0.6) is 0 Å². The van der Waals surface area contributed by atoms with Crippen molar-refractivity contribution < 1.29 is 4.42 Å². The molecule has 0 saturated carbocycles. The van der Waals surface area contributed by atoms with Gasteiger partial charge in [-0.25, -0.2) is 0 Å². The van der Waals surface area contributed by atoms with E-state index in [1.165, 1.54) is 22.3 Å². The molecular formula is C33H27NO. The van der Waals surface area contributed by atoms with Crippen molar-refractivity contribution in [3.63, 3.8) is 0 Å². The Labute approximate surface area is 205 Å². The zero-order chi connectivity index (χ0) is 24.0. The van der Waals surface area contributed by atoms with Gasteiger partial charge in [0.2, 0.25) is 0 Å². The molecule has 2 aromatic heterocycles. The predicted molar refractivity (Wildman–Crippen MR) is 147 cm³/mol. The standard InChI is InChI=1S/C33H27NO/c1-33(2,3)26-16-17-34-29(21-26)24-14-15-27-30(19-24)35-31-20-25(22-10-6-4-7-11-22)18-28(32(27)31)23-12-8-5-9-13-23/h4-21H,1-3H3. The number of furan rings is 1. The van der Waals surface area contributed by atoms with Crippen LogP contribution < -0.4 is 0 Å². The molecule has 35 heavy (non-hydrogen) atoms. The van der Waals surface area contributed by atoms with Gasteiger partial charge in [-0.2, -0.15) is 0 Å². The molecule has 0 aliphatic rings. The summed E-state index contributed by atoms with van der Waals surface area (Å²) in [5, 5.41) is 2.27. The maximum atomic E-state index is 6.51. The molecule has 0 N–H and O–H groups in total. The lowest BCUT2D eigenvalue weighted by Gasteiger charge is -2.19. The van der Waals surface area contributed by atoms with E-state index in [4.69, 9.17) is 4.42 Å². The molecule has 0 unspecified atom stereocenters. The summed E-state index contributed by atoms with van der Waals surface area (Å²) in [5.41, 5.74) is 9.83. The summed E-state index contributed by atoms with van der Waals surface area (Å²) in [4.78, 5) is 4.66. The number of hydrogen-bond acceptors (Lipinski definition) is 2. The van der Waals surface area contributed by atoms with E-state index in [9.17, 15) is 0 Å². The van der Waals surface area contributed by atoms with Crippen LogP contribution in [0.4, 0.5) is 0 Å². The first-order valence-corrected chi connectivity index (χ1v) is 12.1. The van der Waals surface area contributed by atoms with Gasteiger partial charge in [-0.05, 0) is 69.6 Å². The molecule has 0 atom stereocenters. The van der Waals surface area contributed by atoms with Crippen LogP contribution in [0.1, 0.15) is 26.3 Å². The van der Waals surface area contributed by atoms with E-state index in [0.717, 1.165) is 38.8 Å². The third kappa shape index (κ3) is 3.91. The molecule has 2 heterocycles. The summed E-state index contributed by atoms with van der Waals surface area (Å²) >= 11 is 0. The molecule has 0 saturated heterocycles. The average molecular weight is 454 g/mol. The van der Waals surface area contributed by atoms with E-state index < -0.39 is 0 Å². The van der Waals surface area contributed by atoms with Crippen LogP contribution in [0.15, 0.2) is 114 Å². The molecule has 0 spiro atoms. The Morgan fingerprint density at radius 2 is 1.29 bits per heavy atom. The van der Waals surface area contributed by atoms with Gasteiger partial charge in [-0.1, -0.05) is 87.5 Å². The van der Waals surface area contributed by atoms with Gasteiger partial charge in [-0.3, -0.25) is 4.98 Å². The largest absolute Gasteiger partial charge is 0.456 e. The molecule has 0 aliphatic carbocycles. The summed E-state index contributed by atoms with van der Waals surface area (Å²) in [6.45, 7) is 6.68. The van der Waals surface area contributed by atoms with Gasteiger partial charge in [0, 0.05) is 22.5 Å². The average Bonchev–Trinajstić information content (AvgIpc) is 3.26. The molecule has 4 aromatic carbocycles. The molecule has 0 bridgehead atoms. The Hall–Kier alpha value is -4.17. The van der Waals surface area contributed by atoms with Crippen LogP contribution in [-0.4, -0.2) is 4.98 Å². The van der Waals surface area contributed by atoms with E-state index in [1.54, 1.807) is 0 Å². The number of aromatic nitrogens is 1. The van der Waals surface area contributed by atoms with Crippen LogP contribution in [-0.2, 0) is 5.41 Å². The molecule has 0 amide bonds. The molecule has 0 aliphatic heterocycles. The lowest BCUT2D eigenvalue weighted by molar-refractivity contribution is 0.589. The van der Waals surface area contributed by atoms with Crippen molar-refractivity contribution in [2.45, 2.75) is 26.2 Å². The van der Waals surface area contributed by atoms with E-state index >= 15 is 0 Å². The van der Waals surface area contributed by atoms with E-state index in [2.05, 4.69) is 123 Å². The van der Waals surface area contributed by atoms with Crippen molar-refractivity contribution in [3.8, 4) is 33.5 Å².